The second kappa shape index (κ2) is 32.3. The summed E-state index contributed by atoms with van der Waals surface area (Å²) in [6, 6.07) is 0. The summed E-state index contributed by atoms with van der Waals surface area (Å²) in [5.74, 6) is -0.902. The molecule has 0 heterocycles. The SMILES string of the molecule is CCCCCCCCCCCCCCCC(=O)OCC(COC(=O)CCCCCCCCCCCCCCC)OC(=O)CC(=O)O[C@@H]1CC[C@@]2(C)[C@@H](CC[C@H]3[C@@H]4CC[C@H](C(C)=O)[C@@]4(C)CC(=O)[C@@H]32)C1. The molecule has 0 aromatic rings. The van der Waals surface area contributed by atoms with Crippen LogP contribution in [0.1, 0.15) is 272 Å². The average molecular weight is 969 g/mol. The van der Waals surface area contributed by atoms with E-state index in [0.717, 1.165) is 70.6 Å². The van der Waals surface area contributed by atoms with Gasteiger partial charge < -0.3 is 18.9 Å². The average Bonchev–Trinajstić information content (AvgIpc) is 3.67. The molecule has 0 unspecified atom stereocenters. The summed E-state index contributed by atoms with van der Waals surface area (Å²) in [4.78, 5) is 78.6. The van der Waals surface area contributed by atoms with Crippen LogP contribution in [0.15, 0.2) is 0 Å². The maximum Gasteiger partial charge on any atom is 0.317 e. The number of hydrogen-bond donors (Lipinski definition) is 0. The van der Waals surface area contributed by atoms with Crippen LogP contribution in [0.2, 0.25) is 0 Å². The number of carbonyl (C=O) groups excluding carboxylic acids is 6. The molecule has 0 spiro atoms. The minimum atomic E-state index is -1.04. The number of hydrogen-bond acceptors (Lipinski definition) is 10. The number of carbonyl (C=O) groups is 6. The Morgan fingerprint density at radius 3 is 1.48 bits per heavy atom. The standard InChI is InChI=1S/C59H100O10/c1-6-8-10-12-14-16-18-20-22-24-26-28-30-32-53(62)66-43-48(44-67-54(63)33-31-29-27-25-23-21-19-17-15-13-11-9-7-2)69-56(65)41-55(64)68-47-38-39-58(4)46(40-47)34-35-49-51-37-36-50(45(3)60)59(51,5)42-52(61)57(49)58/h46-51,57H,6-44H2,1-5H3/t46-,47+,49-,50+,51-,57+,58-,59+/m0/s1. The molecule has 0 bridgehead atoms. The van der Waals surface area contributed by atoms with Gasteiger partial charge in [-0.1, -0.05) is 182 Å². The second-order valence-corrected chi connectivity index (χ2v) is 22.9. The molecular weight excluding hydrogens is 869 g/mol. The summed E-state index contributed by atoms with van der Waals surface area (Å²) in [6.45, 7) is 10.1. The van der Waals surface area contributed by atoms with Crippen molar-refractivity contribution in [1.82, 2.24) is 0 Å². The fourth-order valence-electron chi connectivity index (χ4n) is 13.6. The molecule has 4 saturated carbocycles. The lowest BCUT2D eigenvalue weighted by atomic mass is 9.44. The number of unbranched alkanes of at least 4 members (excludes halogenated alkanes) is 24. The summed E-state index contributed by atoms with van der Waals surface area (Å²) in [7, 11) is 0. The Labute approximate surface area is 419 Å². The Kier molecular flexibility index (Phi) is 27.5. The van der Waals surface area contributed by atoms with Crippen LogP contribution < -0.4 is 0 Å². The van der Waals surface area contributed by atoms with Crippen molar-refractivity contribution in [2.24, 2.45) is 40.4 Å². The highest BCUT2D eigenvalue weighted by atomic mass is 16.6. The lowest BCUT2D eigenvalue weighted by Crippen LogP contribution is -2.58. The molecule has 396 valence electrons. The fraction of sp³-hybridized carbons (Fsp3) is 0.898. The van der Waals surface area contributed by atoms with Crippen molar-refractivity contribution in [2.75, 3.05) is 13.2 Å². The van der Waals surface area contributed by atoms with E-state index in [2.05, 4.69) is 27.7 Å². The van der Waals surface area contributed by atoms with E-state index in [1.54, 1.807) is 6.92 Å². The monoisotopic (exact) mass is 969 g/mol. The van der Waals surface area contributed by atoms with Crippen molar-refractivity contribution in [3.8, 4) is 0 Å². The Hall–Kier alpha value is -2.78. The van der Waals surface area contributed by atoms with Gasteiger partial charge in [-0.25, -0.2) is 0 Å². The molecule has 4 rings (SSSR count). The van der Waals surface area contributed by atoms with Gasteiger partial charge in [0.2, 0.25) is 0 Å². The molecule has 0 amide bonds. The van der Waals surface area contributed by atoms with Crippen LogP contribution in [0.5, 0.6) is 0 Å². The Morgan fingerprint density at radius 2 is 1.01 bits per heavy atom. The molecule has 69 heavy (non-hydrogen) atoms. The van der Waals surface area contributed by atoms with Crippen LogP contribution >= 0.6 is 0 Å². The predicted octanol–water partition coefficient (Wildman–Crippen LogP) is 14.7. The van der Waals surface area contributed by atoms with E-state index in [1.165, 1.54) is 128 Å². The normalized spacial score (nSPS) is 26.2. The summed E-state index contributed by atoms with van der Waals surface area (Å²) >= 11 is 0. The van der Waals surface area contributed by atoms with E-state index in [0.29, 0.717) is 36.9 Å². The molecule has 4 aliphatic carbocycles. The first kappa shape index (κ1) is 58.8. The molecule has 0 radical (unpaired) electrons. The number of Topliss-reactive ketones (excluding diaryl/α,β-unsaturated/α-hetero) is 2. The number of fused-ring (bicyclic) bond motifs is 5. The molecule has 10 nitrogen and oxygen atoms in total. The number of rotatable bonds is 37. The minimum Gasteiger partial charge on any atom is -0.462 e. The number of esters is 4. The molecule has 4 fully saturated rings. The lowest BCUT2D eigenvalue weighted by Gasteiger charge is -2.59. The van der Waals surface area contributed by atoms with Gasteiger partial charge >= 0.3 is 23.9 Å². The van der Waals surface area contributed by atoms with Crippen molar-refractivity contribution < 1.29 is 47.7 Å². The minimum absolute atomic E-state index is 0.0299. The van der Waals surface area contributed by atoms with Gasteiger partial charge in [0.25, 0.3) is 0 Å². The molecule has 8 atom stereocenters. The van der Waals surface area contributed by atoms with E-state index < -0.39 is 24.5 Å². The van der Waals surface area contributed by atoms with Crippen LogP contribution in [0.4, 0.5) is 0 Å². The highest BCUT2D eigenvalue weighted by Gasteiger charge is 2.64. The van der Waals surface area contributed by atoms with Gasteiger partial charge in [0.05, 0.1) is 0 Å². The van der Waals surface area contributed by atoms with Crippen LogP contribution in [-0.4, -0.2) is 60.9 Å². The summed E-state index contributed by atoms with van der Waals surface area (Å²) in [5.41, 5.74) is -0.423. The van der Waals surface area contributed by atoms with Gasteiger partial charge in [-0.15, -0.1) is 0 Å². The van der Waals surface area contributed by atoms with Crippen molar-refractivity contribution in [2.45, 2.75) is 284 Å². The van der Waals surface area contributed by atoms with Crippen LogP contribution in [0.3, 0.4) is 0 Å². The molecule has 0 aromatic carbocycles. The molecular formula is C59H100O10. The summed E-state index contributed by atoms with van der Waals surface area (Å²) in [6.07, 6.45) is 36.3. The Morgan fingerprint density at radius 1 is 0.551 bits per heavy atom. The maximum absolute atomic E-state index is 14.0. The van der Waals surface area contributed by atoms with Gasteiger partial charge in [0, 0.05) is 31.1 Å². The summed E-state index contributed by atoms with van der Waals surface area (Å²) in [5, 5.41) is 0. The number of ketones is 2. The molecule has 4 aliphatic rings. The molecule has 0 aliphatic heterocycles. The topological polar surface area (TPSA) is 139 Å². The molecule has 10 heteroatoms. The van der Waals surface area contributed by atoms with Crippen molar-refractivity contribution in [1.29, 1.82) is 0 Å². The zero-order chi connectivity index (χ0) is 49.9. The highest BCUT2D eigenvalue weighted by molar-refractivity contribution is 5.91. The van der Waals surface area contributed by atoms with Crippen molar-refractivity contribution in [3.63, 3.8) is 0 Å². The maximum atomic E-state index is 14.0. The zero-order valence-electron chi connectivity index (χ0n) is 44.7. The van der Waals surface area contributed by atoms with E-state index in [-0.39, 0.29) is 78.5 Å². The third-order valence-corrected chi connectivity index (χ3v) is 17.5. The van der Waals surface area contributed by atoms with Crippen molar-refractivity contribution in [3.05, 3.63) is 0 Å². The van der Waals surface area contributed by atoms with E-state index >= 15 is 0 Å². The first-order valence-corrected chi connectivity index (χ1v) is 29.1. The quantitative estimate of drug-likeness (QED) is 0.0256. The van der Waals surface area contributed by atoms with E-state index in [9.17, 15) is 28.8 Å². The third-order valence-electron chi connectivity index (χ3n) is 17.5. The smallest absolute Gasteiger partial charge is 0.317 e. The molecule has 0 aromatic heterocycles. The Bertz CT molecular complexity index is 1500. The van der Waals surface area contributed by atoms with Gasteiger partial charge in [-0.2, -0.15) is 0 Å². The zero-order valence-corrected chi connectivity index (χ0v) is 44.7. The van der Waals surface area contributed by atoms with Gasteiger partial charge in [0.15, 0.2) is 6.10 Å². The van der Waals surface area contributed by atoms with E-state index in [4.69, 9.17) is 18.9 Å². The molecule has 0 saturated heterocycles. The first-order chi connectivity index (χ1) is 33.3. The Balaban J connectivity index is 1.17. The van der Waals surface area contributed by atoms with Crippen molar-refractivity contribution >= 4 is 35.4 Å². The van der Waals surface area contributed by atoms with Gasteiger partial charge in [-0.05, 0) is 93.3 Å². The van der Waals surface area contributed by atoms with E-state index in [1.807, 2.05) is 0 Å². The predicted molar refractivity (Wildman–Crippen MR) is 273 cm³/mol. The van der Waals surface area contributed by atoms with Crippen LogP contribution in [0, 0.1) is 40.4 Å². The van der Waals surface area contributed by atoms with Crippen LogP contribution in [0.25, 0.3) is 0 Å². The van der Waals surface area contributed by atoms with Crippen LogP contribution in [-0.2, 0) is 47.7 Å². The van der Waals surface area contributed by atoms with Gasteiger partial charge in [-0.3, -0.25) is 28.8 Å². The van der Waals surface area contributed by atoms with Gasteiger partial charge in [0.1, 0.15) is 37.3 Å². The third kappa shape index (κ3) is 20.0. The highest BCUT2D eigenvalue weighted by Crippen LogP contribution is 2.66. The lowest BCUT2D eigenvalue weighted by molar-refractivity contribution is -0.176. The number of ether oxygens (including phenoxy) is 4. The second-order valence-electron chi connectivity index (χ2n) is 22.9. The molecule has 0 N–H and O–H groups in total. The fourth-order valence-corrected chi connectivity index (χ4v) is 13.6. The first-order valence-electron chi connectivity index (χ1n) is 29.1. The summed E-state index contributed by atoms with van der Waals surface area (Å²) < 4.78 is 22.6. The largest absolute Gasteiger partial charge is 0.462 e.